The Bertz CT molecular complexity index is 728. The monoisotopic (exact) mass is 395 g/mol. The third kappa shape index (κ3) is 4.01. The first kappa shape index (κ1) is 19.1. The van der Waals surface area contributed by atoms with Crippen LogP contribution in [0.5, 0.6) is 5.75 Å². The van der Waals surface area contributed by atoms with Gasteiger partial charge in [0.05, 0.1) is 18.0 Å². The second-order valence-corrected chi connectivity index (χ2v) is 7.58. The van der Waals surface area contributed by atoms with Crippen molar-refractivity contribution in [3.05, 3.63) is 28.8 Å². The highest BCUT2D eigenvalue weighted by molar-refractivity contribution is 7.80. The second-order valence-electron chi connectivity index (χ2n) is 6.70. The van der Waals surface area contributed by atoms with Crippen molar-refractivity contribution in [2.75, 3.05) is 19.7 Å². The standard InChI is InChI=1S/C19H22ClNO4S/c1-2-24-18(23)15(22)12-17(26)21-10-8-19(9-11-21)7-6-13-14(20)4-3-5-16(13)25-19/h3-5H,2,6-12H2,1H3. The Kier molecular flexibility index (Phi) is 5.82. The smallest absolute Gasteiger partial charge is 0.375 e. The molecule has 1 saturated heterocycles. The number of hydrogen-bond donors (Lipinski definition) is 0. The highest BCUT2D eigenvalue weighted by Crippen LogP contribution is 2.41. The van der Waals surface area contributed by atoms with Crippen molar-refractivity contribution in [1.29, 1.82) is 0 Å². The van der Waals surface area contributed by atoms with Crippen LogP contribution in [-0.4, -0.2) is 46.9 Å². The molecule has 26 heavy (non-hydrogen) atoms. The third-order valence-corrected chi connectivity index (χ3v) is 5.83. The molecule has 1 spiro atoms. The molecule has 0 atom stereocenters. The van der Waals surface area contributed by atoms with E-state index in [9.17, 15) is 9.59 Å². The number of Topliss-reactive ketones (excluding diaryl/α,β-unsaturated/α-hetero) is 1. The van der Waals surface area contributed by atoms with E-state index in [1.165, 1.54) is 0 Å². The zero-order chi connectivity index (χ0) is 18.7. The van der Waals surface area contributed by atoms with Crippen LogP contribution in [0, 0.1) is 0 Å². The molecule has 3 rings (SSSR count). The molecule has 0 amide bonds. The molecular weight excluding hydrogens is 374 g/mol. The number of carbonyl (C=O) groups excluding carboxylic acids is 2. The van der Waals surface area contributed by atoms with E-state index in [1.807, 2.05) is 23.1 Å². The number of rotatable bonds is 4. The SMILES string of the molecule is CCOC(=O)C(=O)CC(=S)N1CCC2(CCc3c(Cl)cccc3O2)CC1. The molecule has 0 radical (unpaired) electrons. The Morgan fingerprint density at radius 2 is 2.04 bits per heavy atom. The third-order valence-electron chi connectivity index (χ3n) is 5.08. The Hall–Kier alpha value is -1.66. The average molecular weight is 396 g/mol. The maximum atomic E-state index is 11.8. The first-order valence-electron chi connectivity index (χ1n) is 8.88. The van der Waals surface area contributed by atoms with Crippen LogP contribution < -0.4 is 4.74 Å². The molecule has 5 nitrogen and oxygen atoms in total. The van der Waals surface area contributed by atoms with E-state index in [-0.39, 0.29) is 18.6 Å². The molecule has 0 aliphatic carbocycles. The number of halogens is 1. The van der Waals surface area contributed by atoms with Crippen LogP contribution >= 0.6 is 23.8 Å². The van der Waals surface area contributed by atoms with Crippen molar-refractivity contribution in [3.8, 4) is 5.75 Å². The van der Waals surface area contributed by atoms with E-state index in [2.05, 4.69) is 0 Å². The summed E-state index contributed by atoms with van der Waals surface area (Å²) in [7, 11) is 0. The van der Waals surface area contributed by atoms with Crippen LogP contribution in [-0.2, 0) is 20.7 Å². The molecule has 0 aromatic heterocycles. The number of fused-ring (bicyclic) bond motifs is 1. The van der Waals surface area contributed by atoms with Crippen molar-refractivity contribution in [1.82, 2.24) is 4.90 Å². The predicted octanol–water partition coefficient (Wildman–Crippen LogP) is 3.35. The molecule has 1 aromatic carbocycles. The summed E-state index contributed by atoms with van der Waals surface area (Å²) in [6, 6.07) is 5.77. The molecule has 0 unspecified atom stereocenters. The summed E-state index contributed by atoms with van der Waals surface area (Å²) in [5.41, 5.74) is 0.882. The van der Waals surface area contributed by atoms with Crippen LogP contribution in [0.25, 0.3) is 0 Å². The van der Waals surface area contributed by atoms with Crippen molar-refractivity contribution >= 4 is 40.6 Å². The maximum Gasteiger partial charge on any atom is 0.375 e. The van der Waals surface area contributed by atoms with Crippen LogP contribution in [0.1, 0.15) is 38.2 Å². The van der Waals surface area contributed by atoms with Crippen molar-refractivity contribution < 1.29 is 19.1 Å². The van der Waals surface area contributed by atoms with E-state index in [0.29, 0.717) is 18.1 Å². The second kappa shape index (κ2) is 7.92. The lowest BCUT2D eigenvalue weighted by Crippen LogP contribution is -2.51. The van der Waals surface area contributed by atoms with Gasteiger partial charge in [-0.1, -0.05) is 29.9 Å². The molecule has 1 fully saturated rings. The molecular formula is C19H22ClNO4S. The number of carbonyl (C=O) groups is 2. The van der Waals surface area contributed by atoms with E-state index >= 15 is 0 Å². The molecule has 0 N–H and O–H groups in total. The van der Waals surface area contributed by atoms with Gasteiger partial charge in [-0.05, 0) is 31.9 Å². The summed E-state index contributed by atoms with van der Waals surface area (Å²) in [5, 5.41) is 0.758. The van der Waals surface area contributed by atoms with Gasteiger partial charge in [0.25, 0.3) is 0 Å². The molecule has 0 bridgehead atoms. The van der Waals surface area contributed by atoms with Gasteiger partial charge in [-0.25, -0.2) is 4.79 Å². The largest absolute Gasteiger partial charge is 0.487 e. The summed E-state index contributed by atoms with van der Waals surface area (Å²) < 4.78 is 11.1. The fourth-order valence-electron chi connectivity index (χ4n) is 3.56. The van der Waals surface area contributed by atoms with Gasteiger partial charge in [0.1, 0.15) is 11.4 Å². The molecule has 1 aromatic rings. The van der Waals surface area contributed by atoms with E-state index in [0.717, 1.165) is 42.0 Å². The zero-order valence-electron chi connectivity index (χ0n) is 14.8. The lowest BCUT2D eigenvalue weighted by molar-refractivity contribution is -0.153. The van der Waals surface area contributed by atoms with E-state index < -0.39 is 11.8 Å². The minimum absolute atomic E-state index is 0.0690. The molecule has 0 saturated carbocycles. The highest BCUT2D eigenvalue weighted by Gasteiger charge is 2.40. The van der Waals surface area contributed by atoms with Gasteiger partial charge in [0.2, 0.25) is 5.78 Å². The molecule has 2 heterocycles. The van der Waals surface area contributed by atoms with Gasteiger partial charge < -0.3 is 14.4 Å². The zero-order valence-corrected chi connectivity index (χ0v) is 16.3. The summed E-state index contributed by atoms with van der Waals surface area (Å²) in [6.07, 6.45) is 3.41. The summed E-state index contributed by atoms with van der Waals surface area (Å²) in [5.74, 6) is -0.528. The fraction of sp³-hybridized carbons (Fsp3) is 0.526. The number of hydrogen-bond acceptors (Lipinski definition) is 5. The van der Waals surface area contributed by atoms with Crippen LogP contribution in [0.2, 0.25) is 5.02 Å². The Morgan fingerprint density at radius 3 is 2.73 bits per heavy atom. The normalized spacial score (nSPS) is 18.0. The van der Waals surface area contributed by atoms with Crippen LogP contribution in [0.3, 0.4) is 0 Å². The number of ketones is 1. The first-order chi connectivity index (χ1) is 12.4. The number of ether oxygens (including phenoxy) is 2. The topological polar surface area (TPSA) is 55.8 Å². The predicted molar refractivity (Wildman–Crippen MR) is 103 cm³/mol. The molecule has 2 aliphatic rings. The van der Waals surface area contributed by atoms with Gasteiger partial charge >= 0.3 is 5.97 Å². The Morgan fingerprint density at radius 1 is 1.31 bits per heavy atom. The summed E-state index contributed by atoms with van der Waals surface area (Å²) in [6.45, 7) is 3.28. The summed E-state index contributed by atoms with van der Waals surface area (Å²) >= 11 is 11.6. The maximum absolute atomic E-state index is 11.8. The Balaban J connectivity index is 1.57. The summed E-state index contributed by atoms with van der Waals surface area (Å²) in [4.78, 5) is 25.8. The highest BCUT2D eigenvalue weighted by atomic mass is 35.5. The van der Waals surface area contributed by atoms with Gasteiger partial charge in [0, 0.05) is 36.5 Å². The number of piperidine rings is 1. The van der Waals surface area contributed by atoms with Gasteiger partial charge in [-0.2, -0.15) is 0 Å². The Labute approximate surface area is 163 Å². The number of nitrogens with zero attached hydrogens (tertiary/aromatic N) is 1. The number of thiocarbonyl (C=S) groups is 1. The van der Waals surface area contributed by atoms with E-state index in [1.54, 1.807) is 6.92 Å². The molecule has 7 heteroatoms. The number of esters is 1. The lowest BCUT2D eigenvalue weighted by Gasteiger charge is -2.45. The van der Waals surface area contributed by atoms with Crippen LogP contribution in [0.15, 0.2) is 18.2 Å². The minimum atomic E-state index is -0.813. The molecule has 140 valence electrons. The van der Waals surface area contributed by atoms with Gasteiger partial charge in [-0.3, -0.25) is 4.79 Å². The quantitative estimate of drug-likeness (QED) is 0.442. The van der Waals surface area contributed by atoms with Gasteiger partial charge in [-0.15, -0.1) is 0 Å². The van der Waals surface area contributed by atoms with Crippen molar-refractivity contribution in [3.63, 3.8) is 0 Å². The number of benzene rings is 1. The first-order valence-corrected chi connectivity index (χ1v) is 9.67. The lowest BCUT2D eigenvalue weighted by atomic mass is 9.83. The van der Waals surface area contributed by atoms with Crippen molar-refractivity contribution in [2.45, 2.75) is 44.6 Å². The average Bonchev–Trinajstić information content (AvgIpc) is 2.62. The van der Waals surface area contributed by atoms with Crippen molar-refractivity contribution in [2.24, 2.45) is 0 Å². The van der Waals surface area contributed by atoms with Crippen LogP contribution in [0.4, 0.5) is 0 Å². The minimum Gasteiger partial charge on any atom is -0.487 e. The number of likely N-dealkylation sites (tertiary alicyclic amines) is 1. The van der Waals surface area contributed by atoms with E-state index in [4.69, 9.17) is 33.3 Å². The fourth-order valence-corrected chi connectivity index (χ4v) is 4.14. The van der Waals surface area contributed by atoms with Gasteiger partial charge in [0.15, 0.2) is 0 Å². The molecule has 2 aliphatic heterocycles.